The van der Waals surface area contributed by atoms with Crippen LogP contribution in [0.2, 0.25) is 0 Å². The smallest absolute Gasteiger partial charge is 0.407 e. The average Bonchev–Trinajstić information content (AvgIpc) is 3.11. The predicted octanol–water partition coefficient (Wildman–Crippen LogP) is -1.08. The molecule has 6 N–H and O–H groups in total. The van der Waals surface area contributed by atoms with Crippen molar-refractivity contribution < 1.29 is 58.2 Å². The Bertz CT molecular complexity index is 1180. The monoisotopic (exact) mass is 755 g/mol. The van der Waals surface area contributed by atoms with Crippen molar-refractivity contribution in [1.29, 1.82) is 0 Å². The first-order chi connectivity index (χ1) is 25.5. The standard InChI is InChI=1S/C34H57N7O12/c35-41(9-5-19-51-21-23-52-22-20-50-18-4-8-36-34(49)53-28-29-6-2-1-3-7-29)30(42)24-37-10-12-38(25-31(43)44)14-16-40(27-33(47)48)17-15-39(13-11-37)26-32(45)46/h1-3,6-7H,4-5,8-28,35H2,(H,36,49)(H,43,44)(H,45,46)(H,47,48). The number of alkyl carbamates (subject to hydrolysis) is 1. The molecule has 1 fully saturated rings. The van der Waals surface area contributed by atoms with E-state index in [2.05, 4.69) is 5.32 Å². The quantitative estimate of drug-likeness (QED) is 0.0365. The summed E-state index contributed by atoms with van der Waals surface area (Å²) in [5.41, 5.74) is 0.918. The second-order valence-electron chi connectivity index (χ2n) is 12.4. The third kappa shape index (κ3) is 23.4. The summed E-state index contributed by atoms with van der Waals surface area (Å²) in [5, 5.41) is 31.9. The maximum Gasteiger partial charge on any atom is 0.407 e. The molecule has 2 rings (SSSR count). The molecule has 0 aliphatic carbocycles. The van der Waals surface area contributed by atoms with Gasteiger partial charge in [-0.3, -0.25) is 43.8 Å². The van der Waals surface area contributed by atoms with E-state index in [4.69, 9.17) is 24.8 Å². The number of benzene rings is 1. The summed E-state index contributed by atoms with van der Waals surface area (Å²) >= 11 is 0. The Kier molecular flexibility index (Phi) is 23.6. The van der Waals surface area contributed by atoms with E-state index in [9.17, 15) is 39.3 Å². The van der Waals surface area contributed by atoms with Gasteiger partial charge in [-0.25, -0.2) is 10.6 Å². The lowest BCUT2D eigenvalue weighted by Gasteiger charge is -2.33. The van der Waals surface area contributed by atoms with Gasteiger partial charge in [0.2, 0.25) is 0 Å². The van der Waals surface area contributed by atoms with Gasteiger partial charge >= 0.3 is 24.0 Å². The number of carbonyl (C=O) groups excluding carboxylic acids is 2. The predicted molar refractivity (Wildman–Crippen MR) is 191 cm³/mol. The van der Waals surface area contributed by atoms with Crippen LogP contribution >= 0.6 is 0 Å². The maximum absolute atomic E-state index is 13.0. The zero-order chi connectivity index (χ0) is 38.7. The average molecular weight is 756 g/mol. The van der Waals surface area contributed by atoms with Crippen LogP contribution in [0.15, 0.2) is 30.3 Å². The van der Waals surface area contributed by atoms with E-state index in [0.29, 0.717) is 85.2 Å². The second-order valence-corrected chi connectivity index (χ2v) is 12.4. The van der Waals surface area contributed by atoms with Gasteiger partial charge in [-0.05, 0) is 18.4 Å². The molecule has 1 aromatic carbocycles. The molecule has 1 aliphatic heterocycles. The third-order valence-corrected chi connectivity index (χ3v) is 8.06. The highest BCUT2D eigenvalue weighted by molar-refractivity contribution is 5.77. The molecule has 0 bridgehead atoms. The molecule has 19 heteroatoms. The van der Waals surface area contributed by atoms with Gasteiger partial charge in [-0.2, -0.15) is 0 Å². The van der Waals surface area contributed by atoms with Gasteiger partial charge in [-0.15, -0.1) is 0 Å². The highest BCUT2D eigenvalue weighted by Gasteiger charge is 2.22. The lowest BCUT2D eigenvalue weighted by molar-refractivity contribution is -0.140. The summed E-state index contributed by atoms with van der Waals surface area (Å²) in [6, 6.07) is 9.43. The topological polar surface area (TPSA) is 237 Å². The summed E-state index contributed by atoms with van der Waals surface area (Å²) in [7, 11) is 0. The minimum Gasteiger partial charge on any atom is -0.480 e. The first-order valence-electron chi connectivity index (χ1n) is 17.8. The summed E-state index contributed by atoms with van der Waals surface area (Å²) in [5.74, 6) is 2.62. The number of hydrazine groups is 1. The molecular formula is C34H57N7O12. The second kappa shape index (κ2) is 27.6. The SMILES string of the molecule is NN(CCCOCCOCCOCCCNC(=O)OCc1ccccc1)C(=O)CN1CCN(CC(=O)O)CCN(CC(=O)O)CCN(CC(=O)O)CC1. The van der Waals surface area contributed by atoms with Crippen molar-refractivity contribution in [2.45, 2.75) is 19.4 Å². The molecule has 19 nitrogen and oxygen atoms in total. The number of nitrogens with zero attached hydrogens (tertiary/aromatic N) is 5. The lowest BCUT2D eigenvalue weighted by atomic mass is 10.2. The summed E-state index contributed by atoms with van der Waals surface area (Å²) < 4.78 is 21.7. The fourth-order valence-electron chi connectivity index (χ4n) is 5.21. The largest absolute Gasteiger partial charge is 0.480 e. The van der Waals surface area contributed by atoms with Crippen LogP contribution in [0.4, 0.5) is 4.79 Å². The Morgan fingerprint density at radius 2 is 1.04 bits per heavy atom. The molecule has 0 spiro atoms. The van der Waals surface area contributed by atoms with Crippen molar-refractivity contribution >= 4 is 29.9 Å². The normalized spacial score (nSPS) is 15.6. The van der Waals surface area contributed by atoms with Crippen molar-refractivity contribution in [3.63, 3.8) is 0 Å². The molecular weight excluding hydrogens is 698 g/mol. The van der Waals surface area contributed by atoms with Crippen LogP contribution in [0.25, 0.3) is 0 Å². The van der Waals surface area contributed by atoms with Crippen molar-refractivity contribution in [1.82, 2.24) is 29.9 Å². The number of amides is 2. The van der Waals surface area contributed by atoms with Gasteiger partial charge in [0.15, 0.2) is 0 Å². The lowest BCUT2D eigenvalue weighted by Crippen LogP contribution is -2.51. The van der Waals surface area contributed by atoms with Crippen LogP contribution in [0.3, 0.4) is 0 Å². The molecule has 300 valence electrons. The molecule has 1 aliphatic rings. The van der Waals surface area contributed by atoms with Gasteiger partial charge in [0.25, 0.3) is 5.91 Å². The summed E-state index contributed by atoms with van der Waals surface area (Å²) in [6.07, 6.45) is 0.652. The molecule has 1 aromatic rings. The molecule has 0 unspecified atom stereocenters. The van der Waals surface area contributed by atoms with Crippen LogP contribution in [-0.2, 0) is 44.7 Å². The van der Waals surface area contributed by atoms with E-state index in [1.165, 1.54) is 0 Å². The van der Waals surface area contributed by atoms with Gasteiger partial charge in [0.1, 0.15) is 6.61 Å². The third-order valence-electron chi connectivity index (χ3n) is 8.06. The number of ether oxygens (including phenoxy) is 4. The molecule has 2 amide bonds. The van der Waals surface area contributed by atoms with Crippen LogP contribution in [0.1, 0.15) is 18.4 Å². The van der Waals surface area contributed by atoms with Crippen LogP contribution < -0.4 is 11.2 Å². The van der Waals surface area contributed by atoms with Crippen molar-refractivity contribution in [3.8, 4) is 0 Å². The zero-order valence-corrected chi connectivity index (χ0v) is 30.5. The van der Waals surface area contributed by atoms with E-state index in [-0.39, 0.29) is 71.4 Å². The van der Waals surface area contributed by atoms with Crippen molar-refractivity contribution in [2.24, 2.45) is 5.84 Å². The summed E-state index contributed by atoms with van der Waals surface area (Å²) in [6.45, 7) is 4.86. The number of carboxylic acids is 3. The molecule has 0 saturated carbocycles. The maximum atomic E-state index is 13.0. The number of hydrogen-bond acceptors (Lipinski definition) is 14. The van der Waals surface area contributed by atoms with Crippen LogP contribution in [0, 0.1) is 0 Å². The van der Waals surface area contributed by atoms with Crippen molar-refractivity contribution in [3.05, 3.63) is 35.9 Å². The first-order valence-corrected chi connectivity index (χ1v) is 17.8. The zero-order valence-electron chi connectivity index (χ0n) is 30.5. The van der Waals surface area contributed by atoms with Crippen LogP contribution in [-0.4, -0.2) is 201 Å². The Morgan fingerprint density at radius 3 is 1.49 bits per heavy atom. The minimum atomic E-state index is -1.03. The number of carbonyl (C=O) groups is 5. The van der Waals surface area contributed by atoms with E-state index in [0.717, 1.165) is 10.6 Å². The van der Waals surface area contributed by atoms with Gasteiger partial charge in [-0.1, -0.05) is 30.3 Å². The first kappa shape index (κ1) is 45.2. The Hall–Kier alpha value is -3.95. The molecule has 53 heavy (non-hydrogen) atoms. The summed E-state index contributed by atoms with van der Waals surface area (Å²) in [4.78, 5) is 65.9. The minimum absolute atomic E-state index is 0.0436. The van der Waals surface area contributed by atoms with Gasteiger partial charge in [0.05, 0.1) is 52.6 Å². The molecule has 1 heterocycles. The molecule has 1 saturated heterocycles. The molecule has 0 radical (unpaired) electrons. The van der Waals surface area contributed by atoms with Gasteiger partial charge < -0.3 is 39.6 Å². The van der Waals surface area contributed by atoms with E-state index in [1.54, 1.807) is 14.7 Å². The van der Waals surface area contributed by atoms with E-state index in [1.807, 2.05) is 35.2 Å². The number of nitrogens with one attached hydrogen (secondary N) is 1. The highest BCUT2D eigenvalue weighted by Crippen LogP contribution is 2.03. The molecule has 0 atom stereocenters. The number of rotatable bonds is 24. The van der Waals surface area contributed by atoms with Crippen molar-refractivity contribution in [2.75, 3.05) is 131 Å². The fraction of sp³-hybridized carbons (Fsp3) is 0.676. The van der Waals surface area contributed by atoms with E-state index < -0.39 is 24.0 Å². The fourth-order valence-corrected chi connectivity index (χ4v) is 5.21. The number of carboxylic acid groups (broad SMARTS) is 3. The Balaban J connectivity index is 1.60. The van der Waals surface area contributed by atoms with Gasteiger partial charge in [0, 0.05) is 78.7 Å². The highest BCUT2D eigenvalue weighted by atomic mass is 16.6. The van der Waals surface area contributed by atoms with E-state index >= 15 is 0 Å². The number of aliphatic carboxylic acids is 3. The Morgan fingerprint density at radius 1 is 0.623 bits per heavy atom. The Labute approximate surface area is 310 Å². The molecule has 0 aromatic heterocycles. The number of hydrogen-bond donors (Lipinski definition) is 5. The number of nitrogens with two attached hydrogens (primary N) is 1. The van der Waals surface area contributed by atoms with Crippen LogP contribution in [0.5, 0.6) is 0 Å².